The van der Waals surface area contributed by atoms with Crippen LogP contribution in [0.3, 0.4) is 0 Å². The standard InChI is InChI=1S/C13H17N3OS/c17-13(2-4-15-3-1-10(13)8-15)7-11-9-16-5-6-18-12(16)14-11/h5-6,9-10,17H,1-4,7-8H2. The summed E-state index contributed by atoms with van der Waals surface area (Å²) < 4.78 is 2.05. The number of hydrogen-bond donors (Lipinski definition) is 1. The van der Waals surface area contributed by atoms with E-state index in [1.165, 1.54) is 0 Å². The highest BCUT2D eigenvalue weighted by Crippen LogP contribution is 2.37. The summed E-state index contributed by atoms with van der Waals surface area (Å²) in [6.07, 6.45) is 6.82. The third-order valence-corrected chi connectivity index (χ3v) is 5.29. The molecule has 4 rings (SSSR count). The average molecular weight is 263 g/mol. The molecule has 18 heavy (non-hydrogen) atoms. The molecule has 2 aliphatic rings. The van der Waals surface area contributed by atoms with Gasteiger partial charge in [0, 0.05) is 43.2 Å². The Morgan fingerprint density at radius 3 is 3.33 bits per heavy atom. The fourth-order valence-corrected chi connectivity index (χ4v) is 4.16. The molecule has 4 nitrogen and oxygen atoms in total. The van der Waals surface area contributed by atoms with Crippen LogP contribution in [0.4, 0.5) is 0 Å². The summed E-state index contributed by atoms with van der Waals surface area (Å²) in [7, 11) is 0. The van der Waals surface area contributed by atoms with E-state index in [-0.39, 0.29) is 0 Å². The first-order chi connectivity index (χ1) is 8.73. The van der Waals surface area contributed by atoms with Gasteiger partial charge in [0.1, 0.15) is 0 Å². The molecule has 0 amide bonds. The summed E-state index contributed by atoms with van der Waals surface area (Å²) in [6, 6.07) is 0. The first kappa shape index (κ1) is 11.0. The number of fused-ring (bicyclic) bond motifs is 3. The number of imidazole rings is 1. The quantitative estimate of drug-likeness (QED) is 0.890. The van der Waals surface area contributed by atoms with Gasteiger partial charge in [0.2, 0.25) is 0 Å². The minimum Gasteiger partial charge on any atom is -0.389 e. The lowest BCUT2D eigenvalue weighted by Gasteiger charge is -2.38. The highest BCUT2D eigenvalue weighted by atomic mass is 32.1. The number of thiazole rings is 1. The van der Waals surface area contributed by atoms with E-state index in [4.69, 9.17) is 0 Å². The van der Waals surface area contributed by atoms with Crippen molar-refractivity contribution in [3.05, 3.63) is 23.5 Å². The molecule has 0 saturated carbocycles. The molecule has 96 valence electrons. The van der Waals surface area contributed by atoms with Gasteiger partial charge < -0.3 is 10.0 Å². The normalized spacial score (nSPS) is 35.4. The van der Waals surface area contributed by atoms with Gasteiger partial charge in [-0.1, -0.05) is 0 Å². The van der Waals surface area contributed by atoms with Crippen LogP contribution in [0.2, 0.25) is 0 Å². The van der Waals surface area contributed by atoms with Gasteiger partial charge in [0.05, 0.1) is 11.3 Å². The molecule has 5 heteroatoms. The second-order valence-electron chi connectivity index (χ2n) is 5.64. The van der Waals surface area contributed by atoms with Crippen molar-refractivity contribution in [3.63, 3.8) is 0 Å². The van der Waals surface area contributed by atoms with Crippen molar-refractivity contribution < 1.29 is 5.11 Å². The summed E-state index contributed by atoms with van der Waals surface area (Å²) in [5.41, 5.74) is 0.501. The summed E-state index contributed by atoms with van der Waals surface area (Å²) in [5.74, 6) is 0.436. The third kappa shape index (κ3) is 1.61. The van der Waals surface area contributed by atoms with Crippen molar-refractivity contribution in [2.24, 2.45) is 5.92 Å². The Morgan fingerprint density at radius 2 is 2.44 bits per heavy atom. The predicted molar refractivity (Wildman–Crippen MR) is 70.9 cm³/mol. The van der Waals surface area contributed by atoms with E-state index in [1.54, 1.807) is 11.3 Å². The topological polar surface area (TPSA) is 40.8 Å². The second-order valence-corrected chi connectivity index (χ2v) is 6.51. The lowest BCUT2D eigenvalue weighted by atomic mass is 9.79. The van der Waals surface area contributed by atoms with Gasteiger partial charge in [0.15, 0.2) is 4.96 Å². The highest BCUT2D eigenvalue weighted by molar-refractivity contribution is 7.15. The molecule has 2 bridgehead atoms. The molecular weight excluding hydrogens is 246 g/mol. The molecule has 4 heterocycles. The predicted octanol–water partition coefficient (Wildman–Crippen LogP) is 1.40. The lowest BCUT2D eigenvalue weighted by Crippen LogP contribution is -2.47. The van der Waals surface area contributed by atoms with Gasteiger partial charge in [-0.2, -0.15) is 0 Å². The zero-order chi connectivity index (χ0) is 12.2. The Bertz CT molecular complexity index is 549. The van der Waals surface area contributed by atoms with Crippen LogP contribution in [0, 0.1) is 5.92 Å². The number of hydrogen-bond acceptors (Lipinski definition) is 4. The molecule has 3 unspecified atom stereocenters. The van der Waals surface area contributed by atoms with Crippen LogP contribution in [-0.2, 0) is 6.42 Å². The van der Waals surface area contributed by atoms with E-state index in [0.29, 0.717) is 12.3 Å². The maximum Gasteiger partial charge on any atom is 0.193 e. The average Bonchev–Trinajstić information content (AvgIpc) is 2.98. The van der Waals surface area contributed by atoms with Crippen molar-refractivity contribution in [2.45, 2.75) is 24.9 Å². The summed E-state index contributed by atoms with van der Waals surface area (Å²) >= 11 is 1.65. The molecule has 0 aromatic carbocycles. The lowest BCUT2D eigenvalue weighted by molar-refractivity contribution is -0.0444. The Labute approximate surface area is 110 Å². The Hall–Kier alpha value is -0.910. The number of aromatic nitrogens is 2. The van der Waals surface area contributed by atoms with Gasteiger partial charge in [-0.15, -0.1) is 11.3 Å². The summed E-state index contributed by atoms with van der Waals surface area (Å²) in [5, 5.41) is 12.9. The Kier molecular flexibility index (Phi) is 2.31. The molecule has 0 spiro atoms. The summed E-state index contributed by atoms with van der Waals surface area (Å²) in [6.45, 7) is 3.26. The van der Waals surface area contributed by atoms with E-state index in [0.717, 1.165) is 43.1 Å². The number of nitrogens with zero attached hydrogens (tertiary/aromatic N) is 3. The Balaban J connectivity index is 1.61. The SMILES string of the molecule is OC1(Cc2cn3ccsc3n2)CCN2CCC1C2. The van der Waals surface area contributed by atoms with Gasteiger partial charge >= 0.3 is 0 Å². The largest absolute Gasteiger partial charge is 0.389 e. The van der Waals surface area contributed by atoms with E-state index < -0.39 is 5.60 Å². The second kappa shape index (κ2) is 3.79. The fraction of sp³-hybridized carbons (Fsp3) is 0.615. The molecule has 0 aliphatic carbocycles. The van der Waals surface area contributed by atoms with Crippen molar-refractivity contribution >= 4 is 16.3 Å². The first-order valence-corrected chi connectivity index (χ1v) is 7.47. The minimum absolute atomic E-state index is 0.436. The van der Waals surface area contributed by atoms with Gasteiger partial charge in [0.25, 0.3) is 0 Å². The van der Waals surface area contributed by atoms with E-state index in [1.807, 2.05) is 16.0 Å². The van der Waals surface area contributed by atoms with E-state index >= 15 is 0 Å². The summed E-state index contributed by atoms with van der Waals surface area (Å²) in [4.78, 5) is 8.09. The van der Waals surface area contributed by atoms with Gasteiger partial charge in [-0.3, -0.25) is 4.40 Å². The molecule has 3 atom stereocenters. The molecule has 2 saturated heterocycles. The third-order valence-electron chi connectivity index (χ3n) is 4.52. The Morgan fingerprint density at radius 1 is 1.50 bits per heavy atom. The van der Waals surface area contributed by atoms with Crippen molar-refractivity contribution in [1.82, 2.24) is 14.3 Å². The minimum atomic E-state index is -0.531. The molecule has 2 aliphatic heterocycles. The molecule has 2 aromatic rings. The number of aliphatic hydroxyl groups is 1. The smallest absolute Gasteiger partial charge is 0.193 e. The maximum atomic E-state index is 10.9. The van der Waals surface area contributed by atoms with Crippen LogP contribution in [0.25, 0.3) is 4.96 Å². The maximum absolute atomic E-state index is 10.9. The van der Waals surface area contributed by atoms with Crippen molar-refractivity contribution in [1.29, 1.82) is 0 Å². The molecular formula is C13H17N3OS. The first-order valence-electron chi connectivity index (χ1n) is 6.59. The van der Waals surface area contributed by atoms with Crippen LogP contribution in [0.15, 0.2) is 17.8 Å². The van der Waals surface area contributed by atoms with Crippen LogP contribution in [0.1, 0.15) is 18.5 Å². The fourth-order valence-electron chi connectivity index (χ4n) is 3.44. The zero-order valence-electron chi connectivity index (χ0n) is 10.2. The molecule has 2 fully saturated rings. The van der Waals surface area contributed by atoms with E-state index in [2.05, 4.69) is 16.1 Å². The van der Waals surface area contributed by atoms with E-state index in [9.17, 15) is 5.11 Å². The highest BCUT2D eigenvalue weighted by Gasteiger charge is 2.45. The van der Waals surface area contributed by atoms with Gasteiger partial charge in [-0.25, -0.2) is 4.98 Å². The molecule has 1 N–H and O–H groups in total. The number of rotatable bonds is 2. The van der Waals surface area contributed by atoms with Crippen molar-refractivity contribution in [2.75, 3.05) is 19.6 Å². The molecule has 2 aromatic heterocycles. The molecule has 0 radical (unpaired) electrons. The van der Waals surface area contributed by atoms with Gasteiger partial charge in [-0.05, 0) is 19.4 Å². The van der Waals surface area contributed by atoms with Crippen LogP contribution >= 0.6 is 11.3 Å². The zero-order valence-corrected chi connectivity index (χ0v) is 11.1. The monoisotopic (exact) mass is 263 g/mol. The van der Waals surface area contributed by atoms with Crippen LogP contribution < -0.4 is 0 Å². The number of piperidine rings is 1. The van der Waals surface area contributed by atoms with Crippen molar-refractivity contribution in [3.8, 4) is 0 Å². The van der Waals surface area contributed by atoms with Crippen LogP contribution in [-0.4, -0.2) is 44.6 Å². The van der Waals surface area contributed by atoms with Crippen LogP contribution in [0.5, 0.6) is 0 Å².